The predicted octanol–water partition coefficient (Wildman–Crippen LogP) is -1.05. The Kier molecular flexibility index (Phi) is 3.94. The third-order valence-electron chi connectivity index (χ3n) is 2.92. The fourth-order valence-electron chi connectivity index (χ4n) is 2.06. The third-order valence-corrected chi connectivity index (χ3v) is 2.92. The summed E-state index contributed by atoms with van der Waals surface area (Å²) in [6.07, 6.45) is 0. The van der Waals surface area contributed by atoms with Crippen LogP contribution in [-0.2, 0) is 9.59 Å². The Labute approximate surface area is 106 Å². The molecular weight excluding hydrogens is 230 g/mol. The summed E-state index contributed by atoms with van der Waals surface area (Å²) in [5.74, 6) is -0.0371. The van der Waals surface area contributed by atoms with Gasteiger partial charge in [0.15, 0.2) is 13.1 Å². The van der Waals surface area contributed by atoms with E-state index in [-0.39, 0.29) is 11.8 Å². The highest BCUT2D eigenvalue weighted by Crippen LogP contribution is 2.08. The van der Waals surface area contributed by atoms with Gasteiger partial charge in [-0.2, -0.15) is 0 Å². The summed E-state index contributed by atoms with van der Waals surface area (Å²) < 4.78 is 0. The summed E-state index contributed by atoms with van der Waals surface area (Å²) >= 11 is 0. The quantitative estimate of drug-likeness (QED) is 0.639. The molecule has 5 nitrogen and oxygen atoms in total. The number of hydrogen-bond donors (Lipinski definition) is 3. The largest absolute Gasteiger partial charge is 0.346 e. The Hall–Kier alpha value is -1.88. The van der Waals surface area contributed by atoms with Crippen molar-refractivity contribution in [3.8, 4) is 0 Å². The number of rotatable bonds is 3. The lowest BCUT2D eigenvalue weighted by atomic mass is 10.2. The summed E-state index contributed by atoms with van der Waals surface area (Å²) in [6, 6.07) is 7.68. The molecule has 1 saturated heterocycles. The van der Waals surface area contributed by atoms with E-state index in [9.17, 15) is 9.59 Å². The average molecular weight is 248 g/mol. The van der Waals surface area contributed by atoms with Crippen LogP contribution in [-0.4, -0.2) is 38.0 Å². The molecule has 3 N–H and O–H groups in total. The van der Waals surface area contributed by atoms with Crippen LogP contribution in [0, 0.1) is 6.92 Å². The summed E-state index contributed by atoms with van der Waals surface area (Å²) in [5.41, 5.74) is 1.92. The Morgan fingerprint density at radius 1 is 1.50 bits per heavy atom. The van der Waals surface area contributed by atoms with E-state index in [1.54, 1.807) is 0 Å². The van der Waals surface area contributed by atoms with Crippen molar-refractivity contribution < 1.29 is 14.5 Å². The summed E-state index contributed by atoms with van der Waals surface area (Å²) in [4.78, 5) is 24.0. The van der Waals surface area contributed by atoms with Crippen molar-refractivity contribution in [2.24, 2.45) is 0 Å². The molecule has 18 heavy (non-hydrogen) atoms. The van der Waals surface area contributed by atoms with Crippen LogP contribution in [0.25, 0.3) is 0 Å². The second-order valence-corrected chi connectivity index (χ2v) is 4.62. The first-order valence-electron chi connectivity index (χ1n) is 6.10. The van der Waals surface area contributed by atoms with E-state index in [1.807, 2.05) is 31.2 Å². The Morgan fingerprint density at radius 2 is 2.33 bits per heavy atom. The monoisotopic (exact) mass is 248 g/mol. The molecule has 1 fully saturated rings. The fourth-order valence-corrected chi connectivity index (χ4v) is 2.06. The van der Waals surface area contributed by atoms with E-state index >= 15 is 0 Å². The first-order chi connectivity index (χ1) is 8.63. The maximum atomic E-state index is 11.8. The van der Waals surface area contributed by atoms with Gasteiger partial charge in [0.2, 0.25) is 0 Å². The second kappa shape index (κ2) is 5.64. The smallest absolute Gasteiger partial charge is 0.279 e. The highest BCUT2D eigenvalue weighted by atomic mass is 16.2. The number of benzene rings is 1. The van der Waals surface area contributed by atoms with Crippen LogP contribution in [0.5, 0.6) is 0 Å². The van der Waals surface area contributed by atoms with Gasteiger partial charge in [-0.05, 0) is 24.6 Å². The first-order valence-corrected chi connectivity index (χ1v) is 6.10. The van der Waals surface area contributed by atoms with Crippen LogP contribution in [0.2, 0.25) is 0 Å². The molecule has 0 bridgehead atoms. The van der Waals surface area contributed by atoms with Gasteiger partial charge in [-0.3, -0.25) is 9.59 Å². The summed E-state index contributed by atoms with van der Waals surface area (Å²) in [5, 5.41) is 5.60. The molecular formula is C13H18N3O2+. The van der Waals surface area contributed by atoms with E-state index in [1.165, 1.54) is 0 Å². The van der Waals surface area contributed by atoms with Gasteiger partial charge < -0.3 is 15.5 Å². The molecule has 0 radical (unpaired) electrons. The van der Waals surface area contributed by atoms with Crippen molar-refractivity contribution >= 4 is 17.5 Å². The van der Waals surface area contributed by atoms with Gasteiger partial charge in [0.05, 0.1) is 13.1 Å². The SMILES string of the molecule is Cc1cccc(NC(=O)C[NH+]2CCNC(=O)C2)c1. The highest BCUT2D eigenvalue weighted by Gasteiger charge is 2.21. The van der Waals surface area contributed by atoms with Crippen molar-refractivity contribution in [3.05, 3.63) is 29.8 Å². The highest BCUT2D eigenvalue weighted by molar-refractivity contribution is 5.91. The van der Waals surface area contributed by atoms with E-state index in [0.717, 1.165) is 22.7 Å². The van der Waals surface area contributed by atoms with E-state index < -0.39 is 0 Å². The fraction of sp³-hybridized carbons (Fsp3) is 0.385. The van der Waals surface area contributed by atoms with Crippen molar-refractivity contribution in [3.63, 3.8) is 0 Å². The van der Waals surface area contributed by atoms with Crippen molar-refractivity contribution in [1.29, 1.82) is 0 Å². The van der Waals surface area contributed by atoms with E-state index in [4.69, 9.17) is 0 Å². The molecule has 0 spiro atoms. The minimum atomic E-state index is -0.0506. The predicted molar refractivity (Wildman–Crippen MR) is 68.4 cm³/mol. The van der Waals surface area contributed by atoms with E-state index in [0.29, 0.717) is 19.6 Å². The number of aryl methyl sites for hydroxylation is 1. The Morgan fingerprint density at radius 3 is 3.06 bits per heavy atom. The number of hydrogen-bond acceptors (Lipinski definition) is 2. The first kappa shape index (κ1) is 12.6. The van der Waals surface area contributed by atoms with Crippen LogP contribution in [0.1, 0.15) is 5.56 Å². The Bertz CT molecular complexity index is 459. The normalized spacial score (nSPS) is 19.2. The van der Waals surface area contributed by atoms with E-state index in [2.05, 4.69) is 10.6 Å². The van der Waals surface area contributed by atoms with Crippen molar-refractivity contribution in [1.82, 2.24) is 5.32 Å². The minimum Gasteiger partial charge on any atom is -0.346 e. The van der Waals surface area contributed by atoms with Crippen LogP contribution >= 0.6 is 0 Å². The van der Waals surface area contributed by atoms with Gasteiger partial charge in [0, 0.05) is 5.69 Å². The van der Waals surface area contributed by atoms with Crippen LogP contribution in [0.4, 0.5) is 5.69 Å². The molecule has 1 aliphatic heterocycles. The second-order valence-electron chi connectivity index (χ2n) is 4.62. The zero-order valence-electron chi connectivity index (χ0n) is 10.5. The molecule has 2 rings (SSSR count). The molecule has 96 valence electrons. The zero-order chi connectivity index (χ0) is 13.0. The number of anilines is 1. The number of nitrogens with one attached hydrogen (secondary N) is 3. The molecule has 2 amide bonds. The number of amides is 2. The molecule has 5 heteroatoms. The third kappa shape index (κ3) is 3.56. The van der Waals surface area contributed by atoms with Gasteiger partial charge >= 0.3 is 0 Å². The molecule has 0 aliphatic carbocycles. The number of piperazine rings is 1. The zero-order valence-corrected chi connectivity index (χ0v) is 10.5. The van der Waals surface area contributed by atoms with Crippen molar-refractivity contribution in [2.75, 3.05) is 31.5 Å². The van der Waals surface area contributed by atoms with Crippen molar-refractivity contribution in [2.45, 2.75) is 6.92 Å². The number of carbonyl (C=O) groups excluding carboxylic acids is 2. The topological polar surface area (TPSA) is 62.6 Å². The molecule has 0 aromatic heterocycles. The lowest BCUT2D eigenvalue weighted by molar-refractivity contribution is -0.885. The summed E-state index contributed by atoms with van der Waals surface area (Å²) in [6.45, 7) is 4.14. The van der Waals surface area contributed by atoms with Crippen LogP contribution < -0.4 is 15.5 Å². The van der Waals surface area contributed by atoms with Gasteiger partial charge in [-0.1, -0.05) is 12.1 Å². The molecule has 1 aromatic carbocycles. The van der Waals surface area contributed by atoms with Gasteiger partial charge in [-0.15, -0.1) is 0 Å². The van der Waals surface area contributed by atoms with Gasteiger partial charge in [0.25, 0.3) is 11.8 Å². The molecule has 1 unspecified atom stereocenters. The summed E-state index contributed by atoms with van der Waals surface area (Å²) in [7, 11) is 0. The number of quaternary nitrogens is 1. The van der Waals surface area contributed by atoms with Gasteiger partial charge in [-0.25, -0.2) is 0 Å². The van der Waals surface area contributed by atoms with Crippen LogP contribution in [0.3, 0.4) is 0 Å². The molecule has 1 aromatic rings. The maximum Gasteiger partial charge on any atom is 0.279 e. The lowest BCUT2D eigenvalue weighted by Gasteiger charge is -2.22. The maximum absolute atomic E-state index is 11.8. The molecule has 1 atom stereocenters. The minimum absolute atomic E-state index is 0.0135. The standard InChI is InChI=1S/C13H17N3O2/c1-10-3-2-4-11(7-10)15-13(18)9-16-6-5-14-12(17)8-16/h2-4,7H,5-6,8-9H2,1H3,(H,14,17)(H,15,18)/p+1. The van der Waals surface area contributed by atoms with Crippen LogP contribution in [0.15, 0.2) is 24.3 Å². The molecule has 1 heterocycles. The number of carbonyl (C=O) groups is 2. The molecule has 0 saturated carbocycles. The Balaban J connectivity index is 1.86. The lowest BCUT2D eigenvalue weighted by Crippen LogP contribution is -3.16. The molecule has 1 aliphatic rings. The van der Waals surface area contributed by atoms with Gasteiger partial charge in [0.1, 0.15) is 0 Å². The average Bonchev–Trinajstić information content (AvgIpc) is 2.28.